The lowest BCUT2D eigenvalue weighted by Gasteiger charge is -2.12. The fraction of sp³-hybridized carbons (Fsp3) is 0.250. The van der Waals surface area contributed by atoms with Gasteiger partial charge in [0.1, 0.15) is 0 Å². The number of nitrogens with one attached hydrogen (secondary N) is 1. The Labute approximate surface area is 176 Å². The van der Waals surface area contributed by atoms with Crippen LogP contribution in [-0.2, 0) is 17.6 Å². The predicted octanol–water partition coefficient (Wildman–Crippen LogP) is 4.46. The lowest BCUT2D eigenvalue weighted by Crippen LogP contribution is -2.18. The molecule has 0 bridgehead atoms. The number of benzene rings is 2. The number of fused-ring (bicyclic) bond motifs is 1. The smallest absolute Gasteiger partial charge is 0.253 e. The summed E-state index contributed by atoms with van der Waals surface area (Å²) in [5, 5.41) is 7.69. The van der Waals surface area contributed by atoms with E-state index in [1.165, 1.54) is 0 Å². The highest BCUT2D eigenvalue weighted by Crippen LogP contribution is 2.21. The average Bonchev–Trinajstić information content (AvgIpc) is 3.16. The molecule has 6 heteroatoms. The summed E-state index contributed by atoms with van der Waals surface area (Å²) in [4.78, 5) is 22.0. The van der Waals surface area contributed by atoms with Gasteiger partial charge in [0.2, 0.25) is 5.91 Å². The molecule has 0 aliphatic carbocycles. The third-order valence-electron chi connectivity index (χ3n) is 5.33. The van der Waals surface area contributed by atoms with Crippen LogP contribution in [0.4, 0.5) is 5.69 Å². The molecule has 4 aromatic rings. The second kappa shape index (κ2) is 8.06. The fourth-order valence-electron chi connectivity index (χ4n) is 3.68. The Kier molecular flexibility index (Phi) is 5.31. The number of aryl methyl sites for hydroxylation is 4. The quantitative estimate of drug-likeness (QED) is 0.538. The van der Waals surface area contributed by atoms with Gasteiger partial charge in [0.25, 0.3) is 5.78 Å². The first-order valence-corrected chi connectivity index (χ1v) is 10.1. The van der Waals surface area contributed by atoms with Crippen LogP contribution in [0.1, 0.15) is 35.0 Å². The van der Waals surface area contributed by atoms with Crippen LogP contribution in [0.5, 0.6) is 0 Å². The lowest BCUT2D eigenvalue weighted by molar-refractivity contribution is -0.115. The van der Waals surface area contributed by atoms with Gasteiger partial charge in [-0.3, -0.25) is 4.79 Å². The molecule has 152 valence electrons. The molecule has 0 spiro atoms. The molecular weight excluding hydrogens is 374 g/mol. The van der Waals surface area contributed by atoms with E-state index in [2.05, 4.69) is 33.4 Å². The summed E-state index contributed by atoms with van der Waals surface area (Å²) in [6.45, 7) is 7.99. The normalized spacial score (nSPS) is 11.1. The summed E-state index contributed by atoms with van der Waals surface area (Å²) < 4.78 is 1.73. The molecule has 2 aromatic carbocycles. The highest BCUT2D eigenvalue weighted by Gasteiger charge is 2.17. The van der Waals surface area contributed by atoms with Gasteiger partial charge in [0, 0.05) is 28.2 Å². The van der Waals surface area contributed by atoms with Crippen LogP contribution in [0.15, 0.2) is 48.5 Å². The zero-order chi connectivity index (χ0) is 21.3. The number of carbonyl (C=O) groups excluding carboxylic acids is 1. The van der Waals surface area contributed by atoms with Gasteiger partial charge in [-0.1, -0.05) is 48.9 Å². The van der Waals surface area contributed by atoms with Crippen molar-refractivity contribution in [3.63, 3.8) is 0 Å². The topological polar surface area (TPSA) is 72.2 Å². The molecule has 30 heavy (non-hydrogen) atoms. The summed E-state index contributed by atoms with van der Waals surface area (Å²) in [5.41, 5.74) is 6.62. The minimum absolute atomic E-state index is 0.0673. The highest BCUT2D eigenvalue weighted by molar-refractivity contribution is 5.93. The Bertz CT molecular complexity index is 1240. The van der Waals surface area contributed by atoms with E-state index < -0.39 is 0 Å². The van der Waals surface area contributed by atoms with Gasteiger partial charge in [0.15, 0.2) is 5.82 Å². The van der Waals surface area contributed by atoms with Crippen LogP contribution in [0, 0.1) is 20.8 Å². The van der Waals surface area contributed by atoms with Crippen LogP contribution in [-0.4, -0.2) is 25.5 Å². The number of hydrogen-bond donors (Lipinski definition) is 1. The molecule has 4 rings (SSSR count). The fourth-order valence-corrected chi connectivity index (χ4v) is 3.68. The van der Waals surface area contributed by atoms with Crippen LogP contribution in [0.3, 0.4) is 0 Å². The molecule has 0 unspecified atom stereocenters. The monoisotopic (exact) mass is 399 g/mol. The van der Waals surface area contributed by atoms with Crippen molar-refractivity contribution in [2.45, 2.75) is 40.5 Å². The maximum Gasteiger partial charge on any atom is 0.253 e. The van der Waals surface area contributed by atoms with E-state index in [1.807, 2.05) is 63.2 Å². The molecule has 0 atom stereocenters. The zero-order valence-corrected chi connectivity index (χ0v) is 17.7. The standard InChI is InChI=1S/C24H25N5O/c1-5-18-10-6-7-12-21(18)26-22(30)14-20-16(3)25-24-27-23(28-29(24)17(20)4)19-11-8-9-15(2)13-19/h6-13H,5,14H2,1-4H3,(H,26,30). The van der Waals surface area contributed by atoms with E-state index in [1.54, 1.807) is 4.52 Å². The number of anilines is 1. The molecule has 0 saturated heterocycles. The number of hydrogen-bond acceptors (Lipinski definition) is 4. The Morgan fingerprint density at radius 1 is 1.03 bits per heavy atom. The maximum absolute atomic E-state index is 12.8. The lowest BCUT2D eigenvalue weighted by atomic mass is 10.1. The van der Waals surface area contributed by atoms with Crippen LogP contribution >= 0.6 is 0 Å². The van der Waals surface area contributed by atoms with Gasteiger partial charge < -0.3 is 5.32 Å². The van der Waals surface area contributed by atoms with E-state index in [0.717, 1.165) is 45.7 Å². The first-order chi connectivity index (χ1) is 14.5. The molecule has 0 saturated carbocycles. The van der Waals surface area contributed by atoms with Gasteiger partial charge >= 0.3 is 0 Å². The van der Waals surface area contributed by atoms with Crippen LogP contribution in [0.25, 0.3) is 17.2 Å². The SMILES string of the molecule is CCc1ccccc1NC(=O)Cc1c(C)nc2nc(-c3cccc(C)c3)nn2c1C. The van der Waals surface area contributed by atoms with Gasteiger partial charge in [-0.05, 0) is 44.9 Å². The van der Waals surface area contributed by atoms with Crippen molar-refractivity contribution in [3.8, 4) is 11.4 Å². The summed E-state index contributed by atoms with van der Waals surface area (Å²) in [5.74, 6) is 1.11. The highest BCUT2D eigenvalue weighted by atomic mass is 16.1. The van der Waals surface area contributed by atoms with E-state index in [-0.39, 0.29) is 12.3 Å². The molecule has 0 aliphatic rings. The minimum atomic E-state index is -0.0673. The molecule has 0 fully saturated rings. The van der Waals surface area contributed by atoms with E-state index in [9.17, 15) is 4.79 Å². The number of rotatable bonds is 5. The van der Waals surface area contributed by atoms with Crippen molar-refractivity contribution < 1.29 is 4.79 Å². The first-order valence-electron chi connectivity index (χ1n) is 10.1. The van der Waals surface area contributed by atoms with Crippen molar-refractivity contribution in [1.29, 1.82) is 0 Å². The third-order valence-corrected chi connectivity index (χ3v) is 5.33. The molecule has 1 N–H and O–H groups in total. The van der Waals surface area contributed by atoms with E-state index in [0.29, 0.717) is 11.6 Å². The largest absolute Gasteiger partial charge is 0.326 e. The van der Waals surface area contributed by atoms with Gasteiger partial charge in [-0.2, -0.15) is 4.98 Å². The van der Waals surface area contributed by atoms with Gasteiger partial charge in [-0.25, -0.2) is 9.50 Å². The second-order valence-electron chi connectivity index (χ2n) is 7.51. The molecule has 0 radical (unpaired) electrons. The van der Waals surface area contributed by atoms with Gasteiger partial charge in [-0.15, -0.1) is 5.10 Å². The summed E-state index contributed by atoms with van der Waals surface area (Å²) >= 11 is 0. The Hall–Kier alpha value is -3.54. The first kappa shape index (κ1) is 19.8. The Balaban J connectivity index is 1.65. The zero-order valence-electron chi connectivity index (χ0n) is 17.7. The van der Waals surface area contributed by atoms with Crippen molar-refractivity contribution in [3.05, 3.63) is 76.6 Å². The van der Waals surface area contributed by atoms with Crippen LogP contribution < -0.4 is 5.32 Å². The number of aromatic nitrogens is 4. The number of para-hydroxylation sites is 1. The van der Waals surface area contributed by atoms with Gasteiger partial charge in [0.05, 0.1) is 6.42 Å². The van der Waals surface area contributed by atoms with Crippen molar-refractivity contribution in [2.75, 3.05) is 5.32 Å². The molecular formula is C24H25N5O. The minimum Gasteiger partial charge on any atom is -0.326 e. The second-order valence-corrected chi connectivity index (χ2v) is 7.51. The molecule has 1 amide bonds. The number of amides is 1. The molecule has 6 nitrogen and oxygen atoms in total. The summed E-state index contributed by atoms with van der Waals surface area (Å²) in [6, 6.07) is 16.0. The number of carbonyl (C=O) groups is 1. The molecule has 2 heterocycles. The van der Waals surface area contributed by atoms with E-state index in [4.69, 9.17) is 0 Å². The Morgan fingerprint density at radius 3 is 2.60 bits per heavy atom. The maximum atomic E-state index is 12.8. The van der Waals surface area contributed by atoms with Crippen LogP contribution in [0.2, 0.25) is 0 Å². The third kappa shape index (κ3) is 3.81. The van der Waals surface area contributed by atoms with E-state index >= 15 is 0 Å². The summed E-state index contributed by atoms with van der Waals surface area (Å²) in [7, 11) is 0. The summed E-state index contributed by atoms with van der Waals surface area (Å²) in [6.07, 6.45) is 1.10. The number of nitrogens with zero attached hydrogens (tertiary/aromatic N) is 4. The van der Waals surface area contributed by atoms with Crippen molar-refractivity contribution in [1.82, 2.24) is 19.6 Å². The van der Waals surface area contributed by atoms with Crippen molar-refractivity contribution in [2.24, 2.45) is 0 Å². The average molecular weight is 399 g/mol. The molecule has 2 aromatic heterocycles. The Morgan fingerprint density at radius 2 is 1.83 bits per heavy atom. The molecule has 0 aliphatic heterocycles. The van der Waals surface area contributed by atoms with Crippen molar-refractivity contribution >= 4 is 17.4 Å². The predicted molar refractivity (Wildman–Crippen MR) is 119 cm³/mol.